The third-order valence-electron chi connectivity index (χ3n) is 26.3. The van der Waals surface area contributed by atoms with E-state index in [0.29, 0.717) is 95.6 Å². The summed E-state index contributed by atoms with van der Waals surface area (Å²) < 4.78 is 1.45. The lowest BCUT2D eigenvalue weighted by Gasteiger charge is -2.38. The van der Waals surface area contributed by atoms with E-state index in [1.807, 2.05) is 13.8 Å². The lowest BCUT2D eigenvalue weighted by atomic mass is 9.97. The van der Waals surface area contributed by atoms with Crippen LogP contribution in [0.1, 0.15) is 178 Å². The molecule has 143 heavy (non-hydrogen) atoms. The average Bonchev–Trinajstić information content (AvgIpc) is 1.63. The summed E-state index contributed by atoms with van der Waals surface area (Å²) in [4.78, 5) is 283. The number of likely N-dealkylation sites (N-methyl/N-ethyl adjacent to an activating group) is 2. The number of aromatic hydroxyl groups is 1. The molecule has 0 radical (unpaired) electrons. The van der Waals surface area contributed by atoms with E-state index in [4.69, 9.17) is 17.2 Å². The van der Waals surface area contributed by atoms with Crippen molar-refractivity contribution in [3.8, 4) is 5.75 Å². The Morgan fingerprint density at radius 1 is 0.524 bits per heavy atom. The number of hydrogen-bond donors (Lipinski definition) is 19. The third kappa shape index (κ3) is 31.2. The van der Waals surface area contributed by atoms with Crippen LogP contribution in [-0.4, -0.2) is 326 Å². The van der Waals surface area contributed by atoms with Crippen molar-refractivity contribution >= 4 is 140 Å². The lowest BCUT2D eigenvalue weighted by molar-refractivity contribution is -0.149. The van der Waals surface area contributed by atoms with Crippen molar-refractivity contribution in [2.45, 2.75) is 279 Å². The molecule has 6 aromatic rings. The first-order valence-corrected chi connectivity index (χ1v) is 50.3. The molecule has 3 aromatic heterocycles. The zero-order chi connectivity index (χ0) is 104. The molecule has 0 spiro atoms. The van der Waals surface area contributed by atoms with Gasteiger partial charge in [-0.1, -0.05) is 102 Å². The minimum atomic E-state index is -1.88. The van der Waals surface area contributed by atoms with Gasteiger partial charge in [0.25, 0.3) is 0 Å². The summed E-state index contributed by atoms with van der Waals surface area (Å²) in [7, 11) is 2.72. The van der Waals surface area contributed by atoms with Gasteiger partial charge >= 0.3 is 11.9 Å². The van der Waals surface area contributed by atoms with E-state index in [2.05, 4.69) is 68.1 Å². The predicted octanol–water partition coefficient (Wildman–Crippen LogP) is -0.235. The number of unbranched alkanes of at least 4 members (excludes halogenated alkanes) is 4. The van der Waals surface area contributed by atoms with Crippen LogP contribution in [-0.2, 0) is 119 Å². The number of amides is 16. The number of phenolic OH excluding ortho intramolecular Hbond substituents is 1. The molecule has 44 nitrogen and oxygen atoms in total. The number of carboxylic acid groups (broad SMARTS) is 2. The summed E-state index contributed by atoms with van der Waals surface area (Å²) in [6.07, 6.45) is 4.86. The van der Waals surface area contributed by atoms with Gasteiger partial charge in [-0.3, -0.25) is 86.3 Å². The van der Waals surface area contributed by atoms with Crippen molar-refractivity contribution in [2.24, 2.45) is 23.1 Å². The quantitative estimate of drug-likeness (QED) is 0.0250. The SMILES string of the molecule is CCCC[C@H]1C(=O)N(C)[C@@H](CCCC)C(=O)N[C@@H](CC(C)C)C(=O)N[C@H](C(=O)NCC(N)=O)CSCC(=O)N[C@@H](Cc2ccc(O)cc2)C(=O)N2CCCC[C@@H]2C(=O)N[C@@H](CC(=O)O)C(=O)N2CCC[C@H]2C(=O)N[C@@H](Cc2cnc[nH]2)C(=O)N[C@@H](CCCCN)C(=O)N2C[C@H](O)C[C@H]2C(=O)N[C@@H](Cc2c[nH]c3ccccc23)C(=O)N[C@@H](CCCCN)C(=O)N[C@@H](Cc2cn(CC(=O)O)c3ccccc23)C(=O)N1C. The second kappa shape index (κ2) is 54.1. The Hall–Kier alpha value is -13.6. The van der Waals surface area contributed by atoms with Crippen LogP contribution < -0.4 is 70.4 Å². The predicted molar refractivity (Wildman–Crippen MR) is 526 cm³/mol. The smallest absolute Gasteiger partial charge is 0.323 e. The number of para-hydroxylation sites is 2. The number of nitrogens with one attached hydrogen (secondary N) is 12. The standard InChI is InChI=1S/C98H138N22O22S/c1-7-9-27-76-90(134)109-68(40-56(3)4)87(131)114-74(85(129)104-49-81(101)123)53-143-54-82(124)106-71(41-57-32-34-61(121)35-33-57)96(140)118-38-20-17-30-77(118)92(136)113-73(46-83(125)126)97(141)119-39-21-31-78(119)91(135)111-70(44-60-48-102-55-105-60)89(133)108-67(26-16-19-37-100)95(139)120-51-62(122)45-80(120)93(137)110-69(42-58-47-103-65-24-13-11-22-63(58)65)88(132)107-66(25-15-18-36-99)86(130)112-72(94(138)116(6)79(28-10-8-2)98(142)115(76)5)43-59-50-117(52-84(127)128)75-29-14-12-23-64(59)75/h11-14,22-24,29,32-35,47-48,50,55-56,62,66-74,76-80,103,121-122H,7-10,15-21,25-28,30-31,36-46,49,51-54,99-100H2,1-6H3,(H2,101,123)(H,102,105)(H,104,129)(H,106,124)(H,107,132)(H,108,133)(H,109,134)(H,110,137)(H,111,135)(H,112,130)(H,113,136)(H,114,131)(H,125,126)(H,127,128)/t62-,66+,67+,68+,69+,70+,71+,72+,73+,74+,76+,77-,78+,79+,80+/m1/s1. The van der Waals surface area contributed by atoms with Crippen molar-refractivity contribution < 1.29 is 107 Å². The van der Waals surface area contributed by atoms with Gasteiger partial charge in [-0.2, -0.15) is 0 Å². The number of nitrogens with two attached hydrogens (primary N) is 3. The van der Waals surface area contributed by atoms with E-state index in [-0.39, 0.29) is 128 Å². The van der Waals surface area contributed by atoms with Crippen molar-refractivity contribution in [1.29, 1.82) is 0 Å². The first kappa shape index (κ1) is 111. The maximum atomic E-state index is 16.1. The van der Waals surface area contributed by atoms with Crippen molar-refractivity contribution in [3.05, 3.63) is 120 Å². The van der Waals surface area contributed by atoms with Crippen LogP contribution >= 0.6 is 11.8 Å². The highest BCUT2D eigenvalue weighted by Crippen LogP contribution is 2.30. The number of benzene rings is 3. The second-order valence-electron chi connectivity index (χ2n) is 37.6. The highest BCUT2D eigenvalue weighted by molar-refractivity contribution is 8.00. The Morgan fingerprint density at radius 3 is 1.71 bits per heavy atom. The Bertz CT molecular complexity index is 5460. The van der Waals surface area contributed by atoms with Crippen LogP contribution in [0.25, 0.3) is 21.8 Å². The minimum absolute atomic E-state index is 0.00130. The van der Waals surface area contributed by atoms with Crippen LogP contribution in [0.5, 0.6) is 5.75 Å². The van der Waals surface area contributed by atoms with Gasteiger partial charge in [-0.15, -0.1) is 11.8 Å². The molecule has 4 aliphatic heterocycles. The highest BCUT2D eigenvalue weighted by atomic mass is 32.2. The Balaban J connectivity index is 1.05. The number of imidazole rings is 1. The Labute approximate surface area is 832 Å². The van der Waals surface area contributed by atoms with Crippen LogP contribution in [0, 0.1) is 5.92 Å². The van der Waals surface area contributed by atoms with Gasteiger partial charge in [0, 0.05) is 118 Å². The van der Waals surface area contributed by atoms with Gasteiger partial charge in [0.05, 0.1) is 31.1 Å². The number of primary amides is 1. The summed E-state index contributed by atoms with van der Waals surface area (Å²) in [5.74, 6) is -18.7. The number of carboxylic acids is 2. The van der Waals surface area contributed by atoms with E-state index in [1.165, 1.54) is 71.4 Å². The fraction of sp³-hybridized carbons (Fsp3) is 0.561. The zero-order valence-corrected chi connectivity index (χ0v) is 82.5. The number of phenols is 1. The highest BCUT2D eigenvalue weighted by Gasteiger charge is 2.48. The first-order valence-electron chi connectivity index (χ1n) is 49.1. The number of aromatic amines is 2. The number of piperidine rings is 1. The normalized spacial score (nSPS) is 24.5. The lowest BCUT2D eigenvalue weighted by Crippen LogP contribution is -2.61. The fourth-order valence-electron chi connectivity index (χ4n) is 18.8. The van der Waals surface area contributed by atoms with Crippen LogP contribution in [0.3, 0.4) is 0 Å². The zero-order valence-electron chi connectivity index (χ0n) is 81.7. The molecular weight excluding hydrogens is 1870 g/mol. The molecule has 0 unspecified atom stereocenters. The fourth-order valence-corrected chi connectivity index (χ4v) is 19.6. The number of aliphatic carboxylic acids is 2. The number of fused-ring (bicyclic) bond motifs is 5. The van der Waals surface area contributed by atoms with Crippen LogP contribution in [0.4, 0.5) is 0 Å². The average molecular weight is 2010 g/mol. The molecular formula is C98H138N22O22S. The molecule has 7 heterocycles. The number of nitrogens with zero attached hydrogens (tertiary/aromatic N) is 7. The number of thioether (sulfide) groups is 1. The molecule has 4 saturated heterocycles. The summed E-state index contributed by atoms with van der Waals surface area (Å²) in [6.45, 7) is 5.52. The van der Waals surface area contributed by atoms with Gasteiger partial charge in [-0.05, 0) is 150 Å². The monoisotopic (exact) mass is 2010 g/mol. The van der Waals surface area contributed by atoms with E-state index in [1.54, 1.807) is 68.6 Å². The molecule has 15 atom stereocenters. The second-order valence-corrected chi connectivity index (χ2v) is 38.6. The molecule has 22 N–H and O–H groups in total. The molecule has 3 aromatic carbocycles. The summed E-state index contributed by atoms with van der Waals surface area (Å²) in [6, 6.07) is -2.03. The van der Waals surface area contributed by atoms with Gasteiger partial charge in [0.2, 0.25) is 94.5 Å². The van der Waals surface area contributed by atoms with E-state index >= 15 is 57.5 Å². The summed E-state index contributed by atoms with van der Waals surface area (Å²) in [5, 5.41) is 71.0. The number of aliphatic hydroxyl groups is 1. The molecule has 0 bridgehead atoms. The molecule has 0 aliphatic carbocycles. The minimum Gasteiger partial charge on any atom is -0.508 e. The van der Waals surface area contributed by atoms with Crippen molar-refractivity contribution in [1.82, 2.24) is 97.2 Å². The number of carbonyl (C=O) groups excluding carboxylic acids is 16. The van der Waals surface area contributed by atoms with Gasteiger partial charge in [0.15, 0.2) is 0 Å². The topological polar surface area (TPSA) is 652 Å². The number of hydrogen-bond acceptors (Lipinski definition) is 24. The molecule has 0 saturated carbocycles. The Kier molecular flexibility index (Phi) is 42.1. The molecule has 16 amide bonds. The molecule has 778 valence electrons. The molecule has 4 aliphatic rings. The van der Waals surface area contributed by atoms with Gasteiger partial charge < -0.3 is 130 Å². The van der Waals surface area contributed by atoms with E-state index in [0.717, 1.165) is 26.5 Å². The number of aliphatic hydroxyl groups excluding tert-OH is 1. The van der Waals surface area contributed by atoms with Gasteiger partial charge in [-0.25, -0.2) is 4.98 Å². The van der Waals surface area contributed by atoms with Crippen molar-refractivity contribution in [3.63, 3.8) is 0 Å². The molecule has 4 fully saturated rings. The maximum absolute atomic E-state index is 16.1. The number of carbonyl (C=O) groups is 18. The number of H-pyrrole nitrogens is 2. The van der Waals surface area contributed by atoms with E-state index < -0.39 is 241 Å². The first-order chi connectivity index (χ1) is 68.4. The summed E-state index contributed by atoms with van der Waals surface area (Å²) in [5.41, 5.74) is 20.2. The number of rotatable bonds is 31. The Morgan fingerprint density at radius 2 is 1.07 bits per heavy atom. The largest absolute Gasteiger partial charge is 0.508 e. The van der Waals surface area contributed by atoms with Gasteiger partial charge in [0.1, 0.15) is 96.9 Å². The van der Waals surface area contributed by atoms with Crippen LogP contribution in [0.15, 0.2) is 97.7 Å². The molecule has 10 rings (SSSR count). The maximum Gasteiger partial charge on any atom is 0.323 e. The summed E-state index contributed by atoms with van der Waals surface area (Å²) >= 11 is 0.798. The van der Waals surface area contributed by atoms with Crippen molar-refractivity contribution in [2.75, 3.05) is 64.9 Å². The van der Waals surface area contributed by atoms with Crippen LogP contribution in [0.2, 0.25) is 0 Å². The third-order valence-corrected chi connectivity index (χ3v) is 27.3. The van der Waals surface area contributed by atoms with E-state index in [9.17, 15) is 49.2 Å². The molecule has 45 heteroatoms. The number of aromatic nitrogens is 4.